The van der Waals surface area contributed by atoms with E-state index in [2.05, 4.69) is 10.4 Å². The molecule has 0 saturated heterocycles. The zero-order valence-electron chi connectivity index (χ0n) is 9.89. The molecule has 0 amide bonds. The number of aryl methyl sites for hydroxylation is 1. The van der Waals surface area contributed by atoms with Crippen molar-refractivity contribution in [3.8, 4) is 0 Å². The summed E-state index contributed by atoms with van der Waals surface area (Å²) in [4.78, 5) is 0. The summed E-state index contributed by atoms with van der Waals surface area (Å²) in [5.74, 6) is 0.636. The maximum atomic E-state index is 9.57. The summed E-state index contributed by atoms with van der Waals surface area (Å²) in [6, 6.07) is 2.03. The minimum Gasteiger partial charge on any atom is -0.393 e. The van der Waals surface area contributed by atoms with Gasteiger partial charge in [-0.1, -0.05) is 6.42 Å². The van der Waals surface area contributed by atoms with Gasteiger partial charge in [-0.2, -0.15) is 5.10 Å². The van der Waals surface area contributed by atoms with E-state index in [1.807, 2.05) is 24.0 Å². The van der Waals surface area contributed by atoms with Crippen molar-refractivity contribution < 1.29 is 5.11 Å². The van der Waals surface area contributed by atoms with Crippen molar-refractivity contribution in [3.63, 3.8) is 0 Å². The van der Waals surface area contributed by atoms with Gasteiger partial charge in [0.05, 0.1) is 11.8 Å². The van der Waals surface area contributed by atoms with Gasteiger partial charge in [-0.25, -0.2) is 0 Å². The molecule has 2 rings (SSSR count). The van der Waals surface area contributed by atoms with E-state index in [9.17, 15) is 5.11 Å². The van der Waals surface area contributed by atoms with Crippen molar-refractivity contribution in [2.24, 2.45) is 13.0 Å². The Morgan fingerprint density at radius 1 is 1.56 bits per heavy atom. The van der Waals surface area contributed by atoms with Gasteiger partial charge in [-0.15, -0.1) is 0 Å². The van der Waals surface area contributed by atoms with Crippen molar-refractivity contribution in [3.05, 3.63) is 18.0 Å². The van der Waals surface area contributed by atoms with E-state index in [4.69, 9.17) is 0 Å². The Balaban J connectivity index is 1.70. The van der Waals surface area contributed by atoms with Crippen molar-refractivity contribution in [2.45, 2.75) is 38.3 Å². The first-order valence-corrected chi connectivity index (χ1v) is 6.11. The summed E-state index contributed by atoms with van der Waals surface area (Å²) < 4.78 is 1.89. The molecular weight excluding hydrogens is 202 g/mol. The van der Waals surface area contributed by atoms with Gasteiger partial charge in [0.15, 0.2) is 0 Å². The fraction of sp³-hybridized carbons (Fsp3) is 0.750. The molecule has 90 valence electrons. The second-order valence-electron chi connectivity index (χ2n) is 4.76. The Bertz CT molecular complexity index is 324. The van der Waals surface area contributed by atoms with Crippen molar-refractivity contribution in [2.75, 3.05) is 6.54 Å². The third-order valence-electron chi connectivity index (χ3n) is 3.42. The monoisotopic (exact) mass is 223 g/mol. The second kappa shape index (κ2) is 5.46. The molecule has 1 saturated carbocycles. The second-order valence-corrected chi connectivity index (χ2v) is 4.76. The van der Waals surface area contributed by atoms with E-state index < -0.39 is 0 Å². The average Bonchev–Trinajstić information content (AvgIpc) is 2.65. The molecule has 0 radical (unpaired) electrons. The Kier molecular flexibility index (Phi) is 3.96. The molecule has 4 nitrogen and oxygen atoms in total. The molecule has 0 spiro atoms. The molecule has 2 unspecified atom stereocenters. The smallest absolute Gasteiger partial charge is 0.0543 e. The largest absolute Gasteiger partial charge is 0.393 e. The van der Waals surface area contributed by atoms with Gasteiger partial charge in [0.2, 0.25) is 0 Å². The Labute approximate surface area is 96.7 Å². The van der Waals surface area contributed by atoms with Crippen LogP contribution in [0.2, 0.25) is 0 Å². The van der Waals surface area contributed by atoms with Crippen LogP contribution in [-0.2, 0) is 13.6 Å². The zero-order valence-corrected chi connectivity index (χ0v) is 9.89. The SMILES string of the molecule is Cn1nccc1CNCC1CCCC(O)C1. The van der Waals surface area contributed by atoms with Crippen LogP contribution in [0.15, 0.2) is 12.3 Å². The molecule has 2 atom stereocenters. The lowest BCUT2D eigenvalue weighted by Crippen LogP contribution is -2.29. The maximum Gasteiger partial charge on any atom is 0.0543 e. The summed E-state index contributed by atoms with van der Waals surface area (Å²) in [6.07, 6.45) is 6.10. The summed E-state index contributed by atoms with van der Waals surface area (Å²) in [5.41, 5.74) is 1.20. The summed E-state index contributed by atoms with van der Waals surface area (Å²) in [7, 11) is 1.96. The van der Waals surface area contributed by atoms with E-state index >= 15 is 0 Å². The van der Waals surface area contributed by atoms with E-state index in [-0.39, 0.29) is 6.10 Å². The molecule has 1 aliphatic rings. The molecule has 0 bridgehead atoms. The Hall–Kier alpha value is -0.870. The van der Waals surface area contributed by atoms with Gasteiger partial charge >= 0.3 is 0 Å². The molecule has 1 aliphatic carbocycles. The third kappa shape index (κ3) is 3.06. The molecule has 0 aliphatic heterocycles. The normalized spacial score (nSPS) is 25.9. The van der Waals surface area contributed by atoms with Gasteiger partial charge in [-0.3, -0.25) is 4.68 Å². The molecule has 2 N–H and O–H groups in total. The quantitative estimate of drug-likeness (QED) is 0.802. The predicted octanol–water partition coefficient (Wildman–Crippen LogP) is 1.06. The highest BCUT2D eigenvalue weighted by atomic mass is 16.3. The molecule has 1 fully saturated rings. The average molecular weight is 223 g/mol. The summed E-state index contributed by atoms with van der Waals surface area (Å²) in [6.45, 7) is 1.87. The van der Waals surface area contributed by atoms with Crippen LogP contribution in [0.3, 0.4) is 0 Å². The van der Waals surface area contributed by atoms with Crippen LogP contribution in [0.1, 0.15) is 31.4 Å². The molecule has 1 heterocycles. The van der Waals surface area contributed by atoms with Crippen LogP contribution in [0.5, 0.6) is 0 Å². The molecule has 0 aromatic carbocycles. The minimum atomic E-state index is -0.0720. The van der Waals surface area contributed by atoms with E-state index in [0.717, 1.165) is 25.9 Å². The van der Waals surface area contributed by atoms with E-state index in [0.29, 0.717) is 5.92 Å². The summed E-state index contributed by atoms with van der Waals surface area (Å²) in [5, 5.41) is 17.1. The lowest BCUT2D eigenvalue weighted by atomic mass is 9.87. The highest BCUT2D eigenvalue weighted by Crippen LogP contribution is 2.23. The zero-order chi connectivity index (χ0) is 11.4. The summed E-state index contributed by atoms with van der Waals surface area (Å²) >= 11 is 0. The third-order valence-corrected chi connectivity index (χ3v) is 3.42. The Morgan fingerprint density at radius 3 is 3.12 bits per heavy atom. The number of hydrogen-bond acceptors (Lipinski definition) is 3. The van der Waals surface area contributed by atoms with Gasteiger partial charge in [0.25, 0.3) is 0 Å². The fourth-order valence-corrected chi connectivity index (χ4v) is 2.43. The van der Waals surface area contributed by atoms with Gasteiger partial charge in [0.1, 0.15) is 0 Å². The molecule has 4 heteroatoms. The fourth-order valence-electron chi connectivity index (χ4n) is 2.43. The van der Waals surface area contributed by atoms with Gasteiger partial charge in [0, 0.05) is 19.8 Å². The van der Waals surface area contributed by atoms with E-state index in [1.54, 1.807) is 0 Å². The topological polar surface area (TPSA) is 50.1 Å². The highest BCUT2D eigenvalue weighted by Gasteiger charge is 2.19. The van der Waals surface area contributed by atoms with Crippen LogP contribution < -0.4 is 5.32 Å². The molecule has 16 heavy (non-hydrogen) atoms. The number of nitrogens with zero attached hydrogens (tertiary/aromatic N) is 2. The predicted molar refractivity (Wildman–Crippen MR) is 62.9 cm³/mol. The van der Waals surface area contributed by atoms with Gasteiger partial charge in [-0.05, 0) is 37.8 Å². The van der Waals surface area contributed by atoms with Crippen molar-refractivity contribution in [1.82, 2.24) is 15.1 Å². The van der Waals surface area contributed by atoms with Gasteiger partial charge < -0.3 is 10.4 Å². The highest BCUT2D eigenvalue weighted by molar-refractivity contribution is 4.99. The lowest BCUT2D eigenvalue weighted by molar-refractivity contribution is 0.100. The van der Waals surface area contributed by atoms with E-state index in [1.165, 1.54) is 18.5 Å². The van der Waals surface area contributed by atoms with Crippen LogP contribution in [0.25, 0.3) is 0 Å². The van der Waals surface area contributed by atoms with Crippen LogP contribution in [-0.4, -0.2) is 27.5 Å². The first-order chi connectivity index (χ1) is 7.75. The Morgan fingerprint density at radius 2 is 2.44 bits per heavy atom. The molecule has 1 aromatic heterocycles. The first kappa shape index (κ1) is 11.6. The maximum absolute atomic E-state index is 9.57. The number of aliphatic hydroxyl groups is 1. The van der Waals surface area contributed by atoms with Crippen LogP contribution in [0, 0.1) is 5.92 Å². The number of aliphatic hydroxyl groups excluding tert-OH is 1. The van der Waals surface area contributed by atoms with Crippen LogP contribution >= 0.6 is 0 Å². The van der Waals surface area contributed by atoms with Crippen molar-refractivity contribution >= 4 is 0 Å². The number of nitrogens with one attached hydrogen (secondary N) is 1. The van der Waals surface area contributed by atoms with Crippen molar-refractivity contribution in [1.29, 1.82) is 0 Å². The first-order valence-electron chi connectivity index (χ1n) is 6.11. The standard InChI is InChI=1S/C12H21N3O/c1-15-11(5-6-14-15)9-13-8-10-3-2-4-12(16)7-10/h5-6,10,12-13,16H,2-4,7-9H2,1H3. The lowest BCUT2D eigenvalue weighted by Gasteiger charge is -2.25. The minimum absolute atomic E-state index is 0.0720. The number of hydrogen-bond donors (Lipinski definition) is 2. The molecule has 1 aromatic rings. The molecular formula is C12H21N3O. The van der Waals surface area contributed by atoms with Crippen LogP contribution in [0.4, 0.5) is 0 Å². The number of aromatic nitrogens is 2. The number of rotatable bonds is 4.